The van der Waals surface area contributed by atoms with Crippen molar-refractivity contribution in [3.8, 4) is 0 Å². The van der Waals surface area contributed by atoms with Crippen molar-refractivity contribution in [2.75, 3.05) is 20.1 Å². The summed E-state index contributed by atoms with van der Waals surface area (Å²) in [5, 5.41) is 11.3. The summed E-state index contributed by atoms with van der Waals surface area (Å²) in [5.41, 5.74) is 1.29. The largest absolute Gasteiger partial charge is 0.356 e. The molecule has 0 aliphatic heterocycles. The standard InChI is InChI=1S/C14H24N4OS/c1-4-7-16-13(19)5-8-17-14(15-3)18-10-12-11(2)6-9-20-12/h6,9H,4-5,7-8,10H2,1-3H3,(H,16,19)(H2,15,17,18). The van der Waals surface area contributed by atoms with Crippen molar-refractivity contribution >= 4 is 23.2 Å². The molecule has 0 fully saturated rings. The fraction of sp³-hybridized carbons (Fsp3) is 0.571. The average Bonchev–Trinajstić information content (AvgIpc) is 2.85. The van der Waals surface area contributed by atoms with Crippen LogP contribution in [0.25, 0.3) is 0 Å². The predicted octanol–water partition coefficient (Wildman–Crippen LogP) is 1.64. The molecule has 1 rings (SSSR count). The summed E-state index contributed by atoms with van der Waals surface area (Å²) in [6, 6.07) is 2.11. The Morgan fingerprint density at radius 1 is 1.30 bits per heavy atom. The molecule has 0 unspecified atom stereocenters. The Labute approximate surface area is 124 Å². The molecule has 0 bridgehead atoms. The SMILES string of the molecule is CCCNC(=O)CCNC(=NC)NCc1sccc1C. The second kappa shape index (κ2) is 9.36. The van der Waals surface area contributed by atoms with Crippen molar-refractivity contribution in [1.29, 1.82) is 0 Å². The Hall–Kier alpha value is -1.56. The molecule has 20 heavy (non-hydrogen) atoms. The Balaban J connectivity index is 2.23. The van der Waals surface area contributed by atoms with Gasteiger partial charge in [0.05, 0.1) is 6.54 Å². The first-order valence-corrected chi connectivity index (χ1v) is 7.79. The molecule has 1 aromatic rings. The summed E-state index contributed by atoms with van der Waals surface area (Å²) in [6.07, 6.45) is 1.42. The summed E-state index contributed by atoms with van der Waals surface area (Å²) in [7, 11) is 1.73. The van der Waals surface area contributed by atoms with Crippen molar-refractivity contribution in [2.24, 2.45) is 4.99 Å². The van der Waals surface area contributed by atoms with Gasteiger partial charge in [-0.1, -0.05) is 6.92 Å². The van der Waals surface area contributed by atoms with Crippen LogP contribution in [0, 0.1) is 6.92 Å². The van der Waals surface area contributed by atoms with E-state index in [-0.39, 0.29) is 5.91 Å². The molecule has 0 saturated carbocycles. The third-order valence-corrected chi connectivity index (χ3v) is 3.85. The maximum absolute atomic E-state index is 11.5. The number of nitrogens with zero attached hydrogens (tertiary/aromatic N) is 1. The minimum atomic E-state index is 0.0731. The van der Waals surface area contributed by atoms with Crippen molar-refractivity contribution in [3.05, 3.63) is 21.9 Å². The van der Waals surface area contributed by atoms with Crippen LogP contribution in [0.3, 0.4) is 0 Å². The van der Waals surface area contributed by atoms with Crippen molar-refractivity contribution < 1.29 is 4.79 Å². The lowest BCUT2D eigenvalue weighted by atomic mass is 10.3. The zero-order valence-corrected chi connectivity index (χ0v) is 13.3. The van der Waals surface area contributed by atoms with E-state index in [1.54, 1.807) is 18.4 Å². The first-order chi connectivity index (χ1) is 9.67. The van der Waals surface area contributed by atoms with E-state index in [0.717, 1.165) is 25.5 Å². The van der Waals surface area contributed by atoms with Gasteiger partial charge in [-0.25, -0.2) is 0 Å². The van der Waals surface area contributed by atoms with Crippen molar-refractivity contribution in [3.63, 3.8) is 0 Å². The zero-order chi connectivity index (χ0) is 14.8. The van der Waals surface area contributed by atoms with E-state index in [4.69, 9.17) is 0 Å². The minimum absolute atomic E-state index is 0.0731. The first kappa shape index (κ1) is 16.5. The van der Waals surface area contributed by atoms with Crippen LogP contribution in [0.5, 0.6) is 0 Å². The van der Waals surface area contributed by atoms with Crippen LogP contribution in [0.4, 0.5) is 0 Å². The molecule has 0 saturated heterocycles. The van der Waals surface area contributed by atoms with Crippen molar-refractivity contribution in [1.82, 2.24) is 16.0 Å². The van der Waals surface area contributed by atoms with E-state index in [1.165, 1.54) is 10.4 Å². The first-order valence-electron chi connectivity index (χ1n) is 6.91. The smallest absolute Gasteiger partial charge is 0.221 e. The summed E-state index contributed by atoms with van der Waals surface area (Å²) < 4.78 is 0. The lowest BCUT2D eigenvalue weighted by molar-refractivity contribution is -0.120. The van der Waals surface area contributed by atoms with Gasteiger partial charge >= 0.3 is 0 Å². The molecule has 5 nitrogen and oxygen atoms in total. The molecule has 0 spiro atoms. The average molecular weight is 296 g/mol. The van der Waals surface area contributed by atoms with E-state index >= 15 is 0 Å². The fourth-order valence-electron chi connectivity index (χ4n) is 1.62. The predicted molar refractivity (Wildman–Crippen MR) is 85.2 cm³/mol. The number of hydrogen-bond acceptors (Lipinski definition) is 3. The monoisotopic (exact) mass is 296 g/mol. The number of carbonyl (C=O) groups is 1. The summed E-state index contributed by atoms with van der Waals surface area (Å²) >= 11 is 1.73. The summed E-state index contributed by atoms with van der Waals surface area (Å²) in [4.78, 5) is 16.9. The van der Waals surface area contributed by atoms with Gasteiger partial charge in [0.1, 0.15) is 0 Å². The van der Waals surface area contributed by atoms with E-state index < -0.39 is 0 Å². The van der Waals surface area contributed by atoms with Crippen LogP contribution in [0.15, 0.2) is 16.4 Å². The molecule has 1 amide bonds. The highest BCUT2D eigenvalue weighted by Gasteiger charge is 2.03. The van der Waals surface area contributed by atoms with Gasteiger partial charge in [0.25, 0.3) is 0 Å². The van der Waals surface area contributed by atoms with Gasteiger partial charge in [-0.05, 0) is 30.4 Å². The minimum Gasteiger partial charge on any atom is -0.356 e. The van der Waals surface area contributed by atoms with E-state index in [9.17, 15) is 4.79 Å². The van der Waals surface area contributed by atoms with Gasteiger partial charge in [-0.15, -0.1) is 11.3 Å². The number of aliphatic imine (C=N–C) groups is 1. The van der Waals surface area contributed by atoms with Crippen LogP contribution in [0.1, 0.15) is 30.2 Å². The molecular formula is C14H24N4OS. The molecule has 3 N–H and O–H groups in total. The molecule has 0 radical (unpaired) electrons. The van der Waals surface area contributed by atoms with Gasteiger partial charge in [-0.2, -0.15) is 0 Å². The number of guanidine groups is 1. The quantitative estimate of drug-likeness (QED) is 0.529. The van der Waals surface area contributed by atoms with Gasteiger partial charge in [0.2, 0.25) is 5.91 Å². The number of amides is 1. The van der Waals surface area contributed by atoms with Gasteiger partial charge < -0.3 is 16.0 Å². The summed E-state index contributed by atoms with van der Waals surface area (Å²) in [5.74, 6) is 0.796. The maximum Gasteiger partial charge on any atom is 0.221 e. The lowest BCUT2D eigenvalue weighted by Crippen LogP contribution is -2.39. The highest BCUT2D eigenvalue weighted by Crippen LogP contribution is 2.14. The number of thiophene rings is 1. The highest BCUT2D eigenvalue weighted by atomic mass is 32.1. The third kappa shape index (κ3) is 6.06. The normalized spacial score (nSPS) is 11.2. The van der Waals surface area contributed by atoms with Crippen LogP contribution in [-0.4, -0.2) is 32.0 Å². The Morgan fingerprint density at radius 2 is 2.10 bits per heavy atom. The maximum atomic E-state index is 11.5. The van der Waals surface area contributed by atoms with E-state index in [0.29, 0.717) is 13.0 Å². The van der Waals surface area contributed by atoms with E-state index in [1.807, 2.05) is 6.92 Å². The van der Waals surface area contributed by atoms with Crippen LogP contribution < -0.4 is 16.0 Å². The number of carbonyl (C=O) groups excluding carboxylic acids is 1. The second-order valence-corrected chi connectivity index (χ2v) is 5.48. The number of rotatable bonds is 7. The van der Waals surface area contributed by atoms with Gasteiger partial charge in [0, 0.05) is 31.4 Å². The Morgan fingerprint density at radius 3 is 2.70 bits per heavy atom. The number of aryl methyl sites for hydroxylation is 1. The molecule has 0 aromatic carbocycles. The van der Waals surface area contributed by atoms with Gasteiger partial charge in [0.15, 0.2) is 5.96 Å². The highest BCUT2D eigenvalue weighted by molar-refractivity contribution is 7.10. The van der Waals surface area contributed by atoms with Crippen LogP contribution in [0.2, 0.25) is 0 Å². The molecule has 1 heterocycles. The lowest BCUT2D eigenvalue weighted by Gasteiger charge is -2.11. The fourth-order valence-corrected chi connectivity index (χ4v) is 2.46. The number of nitrogens with one attached hydrogen (secondary N) is 3. The Bertz CT molecular complexity index is 442. The third-order valence-electron chi connectivity index (χ3n) is 2.82. The van der Waals surface area contributed by atoms with Gasteiger partial charge in [-0.3, -0.25) is 9.79 Å². The van der Waals surface area contributed by atoms with Crippen LogP contribution in [-0.2, 0) is 11.3 Å². The van der Waals surface area contributed by atoms with Crippen LogP contribution >= 0.6 is 11.3 Å². The Kier molecular flexibility index (Phi) is 7.72. The molecule has 0 atom stereocenters. The second-order valence-electron chi connectivity index (χ2n) is 4.48. The number of hydrogen-bond donors (Lipinski definition) is 3. The molecule has 0 aliphatic carbocycles. The molecule has 0 aliphatic rings. The summed E-state index contributed by atoms with van der Waals surface area (Å²) in [6.45, 7) is 6.21. The molecular weight excluding hydrogens is 272 g/mol. The van der Waals surface area contributed by atoms with E-state index in [2.05, 4.69) is 39.3 Å². The topological polar surface area (TPSA) is 65.5 Å². The molecule has 6 heteroatoms. The van der Waals surface area contributed by atoms with Crippen molar-refractivity contribution in [2.45, 2.75) is 33.2 Å². The zero-order valence-electron chi connectivity index (χ0n) is 12.5. The molecule has 112 valence electrons. The molecule has 1 aromatic heterocycles.